The van der Waals surface area contributed by atoms with E-state index in [1.807, 2.05) is 0 Å². The minimum Gasteiger partial charge on any atom is -0.299 e. The Morgan fingerprint density at radius 3 is 1.21 bits per heavy atom. The number of aryl methyl sites for hydroxylation is 2. The highest BCUT2D eigenvalue weighted by atomic mass is 15.0. The summed E-state index contributed by atoms with van der Waals surface area (Å²) in [4.78, 5) is 16.4. The molecule has 0 amide bonds. The van der Waals surface area contributed by atoms with Gasteiger partial charge in [0, 0.05) is 50.9 Å². The van der Waals surface area contributed by atoms with E-state index in [1.54, 1.807) is 5.57 Å². The van der Waals surface area contributed by atoms with Crippen LogP contribution in [0.1, 0.15) is 122 Å². The van der Waals surface area contributed by atoms with E-state index in [1.165, 1.54) is 87.4 Å². The molecule has 388 valence electrons. The summed E-state index contributed by atoms with van der Waals surface area (Å²) in [6.07, 6.45) is 19.8. The Balaban J connectivity index is 0.835. The number of aromatic nitrogens is 6. The van der Waals surface area contributed by atoms with E-state index >= 15 is 0 Å². The maximum absolute atomic E-state index is 5.51. The van der Waals surface area contributed by atoms with Gasteiger partial charge in [0.15, 0.2) is 0 Å². The number of hydrogen-bond donors (Lipinski definition) is 0. The second kappa shape index (κ2) is 18.7. The van der Waals surface area contributed by atoms with Gasteiger partial charge in [-0.25, -0.2) is 15.0 Å². The van der Waals surface area contributed by atoms with E-state index in [0.717, 1.165) is 92.5 Å². The van der Waals surface area contributed by atoms with Crippen LogP contribution >= 0.6 is 0 Å². The molecule has 0 aliphatic heterocycles. The Morgan fingerprint density at radius 2 is 0.792 bits per heavy atom. The molecule has 0 saturated heterocycles. The van der Waals surface area contributed by atoms with Gasteiger partial charge in [-0.3, -0.25) is 13.2 Å². The molecule has 0 spiro atoms. The van der Waals surface area contributed by atoms with E-state index in [2.05, 4.69) is 228 Å². The predicted octanol–water partition coefficient (Wildman–Crippen LogP) is 18.1. The molecule has 0 saturated carbocycles. The van der Waals surface area contributed by atoms with Crippen LogP contribution in [0.25, 0.3) is 82.0 Å². The van der Waals surface area contributed by atoms with Crippen LogP contribution in [-0.2, 0) is 38.5 Å². The fourth-order valence-corrected chi connectivity index (χ4v) is 13.5. The highest BCUT2D eigenvalue weighted by molar-refractivity contribution is 6.14. The molecule has 6 aromatic heterocycles. The van der Waals surface area contributed by atoms with E-state index in [4.69, 9.17) is 15.0 Å². The summed E-state index contributed by atoms with van der Waals surface area (Å²) in [5.74, 6) is 0.895. The van der Waals surface area contributed by atoms with Crippen molar-refractivity contribution in [1.29, 1.82) is 0 Å². The van der Waals surface area contributed by atoms with Crippen molar-refractivity contribution in [1.82, 2.24) is 28.2 Å². The summed E-state index contributed by atoms with van der Waals surface area (Å²) in [6.45, 7) is 20.9. The van der Waals surface area contributed by atoms with Crippen LogP contribution < -0.4 is 0 Å². The highest BCUT2D eigenvalue weighted by Gasteiger charge is 2.26. The van der Waals surface area contributed by atoms with E-state index < -0.39 is 0 Å². The van der Waals surface area contributed by atoms with Gasteiger partial charge < -0.3 is 0 Å². The monoisotopic (exact) mass is 1010 g/mol. The van der Waals surface area contributed by atoms with Gasteiger partial charge in [0.2, 0.25) is 0 Å². The number of nitrogens with zero attached hydrogens (tertiary/aromatic N) is 6. The van der Waals surface area contributed by atoms with Gasteiger partial charge in [-0.15, -0.1) is 0 Å². The normalized spacial score (nSPS) is 16.0. The third-order valence-corrected chi connectivity index (χ3v) is 16.4. The maximum atomic E-state index is 5.51. The molecule has 6 heteroatoms. The summed E-state index contributed by atoms with van der Waals surface area (Å²) in [7, 11) is 0. The molecule has 6 aromatic carbocycles. The molecule has 6 heterocycles. The molecule has 1 unspecified atom stereocenters. The summed E-state index contributed by atoms with van der Waals surface area (Å²) in [6, 6.07) is 47.9. The van der Waals surface area contributed by atoms with Crippen molar-refractivity contribution in [2.24, 2.45) is 28.1 Å². The van der Waals surface area contributed by atoms with Crippen molar-refractivity contribution in [2.45, 2.75) is 127 Å². The van der Waals surface area contributed by atoms with Crippen molar-refractivity contribution in [3.63, 3.8) is 0 Å². The Hall–Kier alpha value is -7.31. The van der Waals surface area contributed by atoms with Gasteiger partial charge in [-0.1, -0.05) is 165 Å². The lowest BCUT2D eigenvalue weighted by atomic mass is 9.77. The molecule has 0 bridgehead atoms. The summed E-state index contributed by atoms with van der Waals surface area (Å²) in [5, 5.41) is 11.4. The third kappa shape index (κ3) is 9.68. The summed E-state index contributed by atoms with van der Waals surface area (Å²) >= 11 is 0. The Labute approximate surface area is 453 Å². The van der Waals surface area contributed by atoms with Gasteiger partial charge in [0.25, 0.3) is 0 Å². The molecular weight excluding hydrogens is 937 g/mol. The van der Waals surface area contributed by atoms with E-state index in [9.17, 15) is 0 Å². The van der Waals surface area contributed by atoms with Gasteiger partial charge >= 0.3 is 0 Å². The van der Waals surface area contributed by atoms with Crippen LogP contribution in [-0.4, -0.2) is 28.2 Å². The summed E-state index contributed by atoms with van der Waals surface area (Å²) < 4.78 is 7.11. The molecule has 0 N–H and O–H groups in total. The first kappa shape index (κ1) is 49.3. The zero-order chi connectivity index (χ0) is 53.0. The fourth-order valence-electron chi connectivity index (χ4n) is 13.5. The van der Waals surface area contributed by atoms with Crippen molar-refractivity contribution in [2.75, 3.05) is 0 Å². The number of allylic oxidation sites excluding steroid dienone is 2. The number of fused-ring (bicyclic) bond motifs is 18. The minimum atomic E-state index is 0.209. The maximum Gasteiger partial charge on any atom is 0.145 e. The molecule has 0 fully saturated rings. The Bertz CT molecular complexity index is 4310. The predicted molar refractivity (Wildman–Crippen MR) is 325 cm³/mol. The Kier molecular flexibility index (Phi) is 12.0. The molecule has 6 nitrogen and oxygen atoms in total. The number of hydrogen-bond acceptors (Lipinski definition) is 3. The topological polar surface area (TPSA) is 51.9 Å². The molecule has 2 atom stereocenters. The van der Waals surface area contributed by atoms with Gasteiger partial charge in [-0.05, 0) is 162 Å². The van der Waals surface area contributed by atoms with E-state index in [0.29, 0.717) is 11.8 Å². The number of benzene rings is 6. The lowest BCUT2D eigenvalue weighted by molar-refractivity contribution is 0.358. The van der Waals surface area contributed by atoms with Crippen LogP contribution in [0, 0.1) is 28.1 Å². The van der Waals surface area contributed by atoms with Crippen molar-refractivity contribution in [3.05, 3.63) is 191 Å². The molecule has 1 aliphatic rings. The van der Waals surface area contributed by atoms with Crippen LogP contribution in [0.4, 0.5) is 0 Å². The summed E-state index contributed by atoms with van der Waals surface area (Å²) in [5.41, 5.74) is 16.7. The first-order valence-corrected chi connectivity index (χ1v) is 28.6. The largest absolute Gasteiger partial charge is 0.299 e. The zero-order valence-corrected chi connectivity index (χ0v) is 46.8. The molecule has 13 rings (SSSR count). The van der Waals surface area contributed by atoms with E-state index in [-0.39, 0.29) is 16.2 Å². The molecule has 0 radical (unpaired) electrons. The number of pyridine rings is 3. The second-order valence-electron chi connectivity index (χ2n) is 26.8. The molecule has 1 aliphatic carbocycles. The van der Waals surface area contributed by atoms with Crippen LogP contribution in [0.2, 0.25) is 0 Å². The smallest absolute Gasteiger partial charge is 0.145 e. The molecule has 12 aromatic rings. The number of rotatable bonds is 11. The zero-order valence-electron chi connectivity index (χ0n) is 46.8. The average Bonchev–Trinajstić information content (AvgIpc) is 4.32. The van der Waals surface area contributed by atoms with Gasteiger partial charge in [0.05, 0.1) is 33.6 Å². The van der Waals surface area contributed by atoms with Crippen LogP contribution in [0.15, 0.2) is 158 Å². The quantitative estimate of drug-likeness (QED) is 0.0958. The third-order valence-electron chi connectivity index (χ3n) is 16.4. The average molecular weight is 1010 g/mol. The van der Waals surface area contributed by atoms with Crippen LogP contribution in [0.3, 0.4) is 0 Å². The van der Waals surface area contributed by atoms with Crippen LogP contribution in [0.5, 0.6) is 0 Å². The van der Waals surface area contributed by atoms with Crippen molar-refractivity contribution in [3.8, 4) is 0 Å². The first-order chi connectivity index (χ1) is 36.9. The van der Waals surface area contributed by atoms with Gasteiger partial charge in [0.1, 0.15) is 16.9 Å². The molecular formula is C71H74N6. The standard InChI is InChI=1S/C71H74N6/c1-69(2,3)39-47-24-29-63-60(36-47)54-16-10-13-19-57(54)66-72-51(42-75(63)66)27-22-45-32-46(23-28-52-43-76-64-30-25-48(40-70(4,5)6)37-61(64)55-17-11-14-20-58(55)67(76)73-52)34-50(33-45)35-53-44-77-65-31-26-49(41-71(7,8)9)38-62(65)56-18-12-15-21-59(56)68(77)74-53/h10-21,24-26,29-31,33,36-38,42-44,46,50H,22-23,27-28,32,34-35,39-41H2,1-9H3/t46?,50-/m1/s1. The number of imidazole rings is 3. The minimum absolute atomic E-state index is 0.209. The lowest BCUT2D eigenvalue weighted by Gasteiger charge is -2.28. The SMILES string of the molecule is CC(C)(C)Cc1ccc2c(c1)c1ccccc1c1nc(CCC3=C[C@@H](Cc4cn5c6ccc(CC(C)(C)C)cc6c6ccccc6c5n4)CC(CCc4cn5c6ccc(CC(C)(C)C)cc6c6ccccc6c5n4)C3)cn21. The second-order valence-corrected chi connectivity index (χ2v) is 26.8. The lowest BCUT2D eigenvalue weighted by Crippen LogP contribution is -2.18. The fraction of sp³-hybridized carbons (Fsp3) is 0.338. The molecule has 77 heavy (non-hydrogen) atoms. The highest BCUT2D eigenvalue weighted by Crippen LogP contribution is 2.39. The van der Waals surface area contributed by atoms with Gasteiger partial charge in [-0.2, -0.15) is 0 Å². The van der Waals surface area contributed by atoms with Crippen molar-refractivity contribution < 1.29 is 0 Å². The Morgan fingerprint density at radius 1 is 0.416 bits per heavy atom. The van der Waals surface area contributed by atoms with Crippen molar-refractivity contribution >= 4 is 82.0 Å². The first-order valence-electron chi connectivity index (χ1n) is 28.6.